The van der Waals surface area contributed by atoms with Gasteiger partial charge in [-0.05, 0) is 60.8 Å². The van der Waals surface area contributed by atoms with E-state index >= 15 is 0 Å². The van der Waals surface area contributed by atoms with E-state index < -0.39 is 0 Å². The smallest absolute Gasteiger partial charge is 0.117 e. The first kappa shape index (κ1) is 19.6. The molecule has 4 rings (SSSR count). The molecule has 1 saturated heterocycles. The highest BCUT2D eigenvalue weighted by Crippen LogP contribution is 2.48. The van der Waals surface area contributed by atoms with Crippen molar-refractivity contribution >= 4 is 5.69 Å². The summed E-state index contributed by atoms with van der Waals surface area (Å²) in [4.78, 5) is 5.13. The lowest BCUT2D eigenvalue weighted by Crippen LogP contribution is -2.46. The first-order valence-corrected chi connectivity index (χ1v) is 11.3. The van der Waals surface area contributed by atoms with Gasteiger partial charge >= 0.3 is 0 Å². The number of hydrogen-bond acceptors (Lipinski definition) is 3. The number of benzene rings is 1. The molecular weight excluding hydrogens is 344 g/mol. The van der Waals surface area contributed by atoms with Gasteiger partial charge < -0.3 is 9.32 Å². The number of piperazine rings is 1. The predicted octanol–water partition coefficient (Wildman–Crippen LogP) is 6.07. The molecule has 3 nitrogen and oxygen atoms in total. The van der Waals surface area contributed by atoms with E-state index in [1.54, 1.807) is 11.8 Å². The fourth-order valence-corrected chi connectivity index (χ4v) is 5.39. The van der Waals surface area contributed by atoms with Gasteiger partial charge in [-0.15, -0.1) is 0 Å². The average Bonchev–Trinajstić information content (AvgIpc) is 3.27. The first-order chi connectivity index (χ1) is 13.7. The lowest BCUT2D eigenvalue weighted by molar-refractivity contribution is 0.159. The molecule has 2 heterocycles. The number of furan rings is 1. The fraction of sp³-hybridized carbons (Fsp3) is 0.600. The van der Waals surface area contributed by atoms with Crippen molar-refractivity contribution in [2.24, 2.45) is 5.41 Å². The maximum Gasteiger partial charge on any atom is 0.117 e. The molecule has 1 aromatic carbocycles. The molecule has 152 valence electrons. The summed E-state index contributed by atoms with van der Waals surface area (Å²) in [5, 5.41) is 0. The van der Waals surface area contributed by atoms with E-state index in [0.29, 0.717) is 5.41 Å². The third-order valence-corrected chi connectivity index (χ3v) is 7.60. The molecule has 2 aliphatic rings. The van der Waals surface area contributed by atoms with E-state index in [1.165, 1.54) is 44.2 Å². The van der Waals surface area contributed by atoms with Crippen LogP contribution in [0.25, 0.3) is 0 Å². The molecule has 1 aliphatic carbocycles. The Hall–Kier alpha value is -1.74. The second kappa shape index (κ2) is 8.73. The minimum atomic E-state index is 0.614. The molecule has 1 aromatic heterocycles. The van der Waals surface area contributed by atoms with Crippen molar-refractivity contribution in [2.75, 3.05) is 31.1 Å². The Morgan fingerprint density at radius 1 is 0.929 bits per heavy atom. The van der Waals surface area contributed by atoms with Crippen molar-refractivity contribution < 1.29 is 4.42 Å². The highest BCUT2D eigenvalue weighted by atomic mass is 16.3. The number of anilines is 1. The van der Waals surface area contributed by atoms with Crippen LogP contribution in [0.4, 0.5) is 5.69 Å². The van der Waals surface area contributed by atoms with E-state index in [4.69, 9.17) is 4.42 Å². The second-order valence-corrected chi connectivity index (χ2v) is 8.88. The fourth-order valence-electron chi connectivity index (χ4n) is 5.39. The maximum absolute atomic E-state index is 5.53. The summed E-state index contributed by atoms with van der Waals surface area (Å²) in [6.45, 7) is 10.1. The summed E-state index contributed by atoms with van der Waals surface area (Å²) >= 11 is 0. The van der Waals surface area contributed by atoms with Crippen LogP contribution in [0.2, 0.25) is 0 Å². The molecule has 0 N–H and O–H groups in total. The molecule has 1 aliphatic heterocycles. The standard InChI is InChI=1S/C25H36N2O/c1-3-25(4-2)13-11-21(12-14-25)23-9-5-6-10-24(23)27-17-15-26(16-18-27)20-22-8-7-19-28-22/h5-10,19,21H,3-4,11-18,20H2,1-2H3. The molecule has 0 unspecified atom stereocenters. The van der Waals surface area contributed by atoms with Gasteiger partial charge in [-0.3, -0.25) is 4.90 Å². The molecule has 0 bridgehead atoms. The zero-order valence-corrected chi connectivity index (χ0v) is 17.7. The molecule has 2 fully saturated rings. The van der Waals surface area contributed by atoms with Crippen LogP contribution in [0.5, 0.6) is 0 Å². The van der Waals surface area contributed by atoms with Crippen LogP contribution in [0.1, 0.15) is 69.6 Å². The Bertz CT molecular complexity index is 717. The van der Waals surface area contributed by atoms with Crippen molar-refractivity contribution in [1.82, 2.24) is 4.90 Å². The predicted molar refractivity (Wildman–Crippen MR) is 117 cm³/mol. The largest absolute Gasteiger partial charge is 0.468 e. The zero-order valence-electron chi connectivity index (χ0n) is 17.7. The van der Waals surface area contributed by atoms with E-state index in [9.17, 15) is 0 Å². The summed E-state index contributed by atoms with van der Waals surface area (Å²) in [7, 11) is 0. The topological polar surface area (TPSA) is 19.6 Å². The molecule has 0 spiro atoms. The molecular formula is C25H36N2O. The van der Waals surface area contributed by atoms with Crippen LogP contribution in [-0.4, -0.2) is 31.1 Å². The molecule has 3 heteroatoms. The Balaban J connectivity index is 1.40. The molecule has 2 aromatic rings. The Morgan fingerprint density at radius 2 is 1.64 bits per heavy atom. The third kappa shape index (κ3) is 4.15. The van der Waals surface area contributed by atoms with Crippen LogP contribution < -0.4 is 4.90 Å². The van der Waals surface area contributed by atoms with E-state index in [-0.39, 0.29) is 0 Å². The Kier molecular flexibility index (Phi) is 6.10. The van der Waals surface area contributed by atoms with Crippen LogP contribution in [-0.2, 0) is 6.54 Å². The first-order valence-electron chi connectivity index (χ1n) is 11.3. The van der Waals surface area contributed by atoms with Crippen molar-refractivity contribution in [3.8, 4) is 0 Å². The van der Waals surface area contributed by atoms with Gasteiger partial charge in [0.05, 0.1) is 12.8 Å². The van der Waals surface area contributed by atoms with Gasteiger partial charge in [-0.25, -0.2) is 0 Å². The molecule has 0 atom stereocenters. The monoisotopic (exact) mass is 380 g/mol. The second-order valence-electron chi connectivity index (χ2n) is 8.88. The summed E-state index contributed by atoms with van der Waals surface area (Å²) in [6, 6.07) is 13.3. The van der Waals surface area contributed by atoms with Crippen LogP contribution >= 0.6 is 0 Å². The lowest BCUT2D eigenvalue weighted by Gasteiger charge is -2.41. The molecule has 0 radical (unpaired) electrons. The van der Waals surface area contributed by atoms with Crippen LogP contribution in [0, 0.1) is 5.41 Å². The summed E-state index contributed by atoms with van der Waals surface area (Å²) in [6.07, 6.45) is 9.98. The van der Waals surface area contributed by atoms with Gasteiger partial charge in [-0.2, -0.15) is 0 Å². The quantitative estimate of drug-likeness (QED) is 0.607. The highest BCUT2D eigenvalue weighted by molar-refractivity contribution is 5.55. The van der Waals surface area contributed by atoms with Crippen molar-refractivity contribution in [2.45, 2.75) is 64.8 Å². The van der Waals surface area contributed by atoms with E-state index in [2.05, 4.69) is 54.0 Å². The van der Waals surface area contributed by atoms with Crippen molar-refractivity contribution in [3.63, 3.8) is 0 Å². The number of hydrogen-bond donors (Lipinski definition) is 0. The lowest BCUT2D eigenvalue weighted by atomic mass is 9.66. The number of rotatable bonds is 6. The van der Waals surface area contributed by atoms with Crippen molar-refractivity contribution in [3.05, 3.63) is 54.0 Å². The van der Waals surface area contributed by atoms with Crippen LogP contribution in [0.3, 0.4) is 0 Å². The summed E-state index contributed by atoms with van der Waals surface area (Å²) in [5.41, 5.74) is 3.71. The molecule has 0 amide bonds. The molecule has 1 saturated carbocycles. The zero-order chi connectivity index (χ0) is 19.4. The Labute approximate surface area is 170 Å². The van der Waals surface area contributed by atoms with Gasteiger partial charge in [0.15, 0.2) is 0 Å². The summed E-state index contributed by atoms with van der Waals surface area (Å²) < 4.78 is 5.53. The number of nitrogens with zero attached hydrogens (tertiary/aromatic N) is 2. The van der Waals surface area contributed by atoms with Crippen LogP contribution in [0.15, 0.2) is 47.1 Å². The number of para-hydroxylation sites is 1. The van der Waals surface area contributed by atoms with Gasteiger partial charge in [0.25, 0.3) is 0 Å². The van der Waals surface area contributed by atoms with Crippen molar-refractivity contribution in [1.29, 1.82) is 0 Å². The van der Waals surface area contributed by atoms with E-state index in [0.717, 1.165) is 44.4 Å². The van der Waals surface area contributed by atoms with Gasteiger partial charge in [0.1, 0.15) is 5.76 Å². The average molecular weight is 381 g/mol. The molecule has 28 heavy (non-hydrogen) atoms. The van der Waals surface area contributed by atoms with Gasteiger partial charge in [0.2, 0.25) is 0 Å². The Morgan fingerprint density at radius 3 is 2.29 bits per heavy atom. The van der Waals surface area contributed by atoms with E-state index in [1.807, 2.05) is 6.07 Å². The minimum Gasteiger partial charge on any atom is -0.468 e. The third-order valence-electron chi connectivity index (χ3n) is 7.60. The normalized spacial score (nSPS) is 21.1. The van der Waals surface area contributed by atoms with Gasteiger partial charge in [-0.1, -0.05) is 44.9 Å². The van der Waals surface area contributed by atoms with Gasteiger partial charge in [0, 0.05) is 31.9 Å². The maximum atomic E-state index is 5.53. The summed E-state index contributed by atoms with van der Waals surface area (Å²) in [5.74, 6) is 1.81. The SMILES string of the molecule is CCC1(CC)CCC(c2ccccc2N2CCN(Cc3ccco3)CC2)CC1. The highest BCUT2D eigenvalue weighted by Gasteiger charge is 2.34. The minimum absolute atomic E-state index is 0.614.